The molecule has 118 valence electrons. The smallest absolute Gasteiger partial charge is 0.287 e. The van der Waals surface area contributed by atoms with Crippen molar-refractivity contribution in [2.24, 2.45) is 0 Å². The molecule has 0 spiro atoms. The number of amides is 1. The van der Waals surface area contributed by atoms with Gasteiger partial charge in [0.1, 0.15) is 5.76 Å². The van der Waals surface area contributed by atoms with Gasteiger partial charge in [-0.15, -0.1) is 0 Å². The standard InChI is InChI=1S/C17H22N2O2S/c1-13(10-14-6-9-22-12-14)18-17(20)16-5-4-15(21-16)11-19-7-2-3-8-19/h4-6,9,12-13H,2-3,7-8,10-11H2,1H3,(H,18,20). The van der Waals surface area contributed by atoms with Crippen molar-refractivity contribution in [2.75, 3.05) is 13.1 Å². The molecule has 1 N–H and O–H groups in total. The number of hydrogen-bond donors (Lipinski definition) is 1. The number of hydrogen-bond acceptors (Lipinski definition) is 4. The van der Waals surface area contributed by atoms with Crippen LogP contribution in [0.25, 0.3) is 0 Å². The lowest BCUT2D eigenvalue weighted by atomic mass is 10.1. The Bertz CT molecular complexity index is 600. The lowest BCUT2D eigenvalue weighted by molar-refractivity contribution is 0.0908. The van der Waals surface area contributed by atoms with Crippen molar-refractivity contribution >= 4 is 17.2 Å². The topological polar surface area (TPSA) is 45.5 Å². The van der Waals surface area contributed by atoms with Gasteiger partial charge in [0, 0.05) is 6.04 Å². The van der Waals surface area contributed by atoms with Crippen LogP contribution in [0.4, 0.5) is 0 Å². The van der Waals surface area contributed by atoms with Crippen LogP contribution in [0.2, 0.25) is 0 Å². The van der Waals surface area contributed by atoms with Crippen LogP contribution in [0, 0.1) is 0 Å². The second-order valence-corrected chi connectivity index (χ2v) is 6.74. The van der Waals surface area contributed by atoms with Gasteiger partial charge in [-0.2, -0.15) is 11.3 Å². The maximum atomic E-state index is 12.2. The highest BCUT2D eigenvalue weighted by molar-refractivity contribution is 7.07. The average molecular weight is 318 g/mol. The summed E-state index contributed by atoms with van der Waals surface area (Å²) in [6.07, 6.45) is 3.36. The van der Waals surface area contributed by atoms with E-state index >= 15 is 0 Å². The molecule has 1 aliphatic heterocycles. The molecule has 22 heavy (non-hydrogen) atoms. The third kappa shape index (κ3) is 3.99. The highest BCUT2D eigenvalue weighted by atomic mass is 32.1. The molecule has 3 rings (SSSR count). The number of thiophene rings is 1. The molecule has 0 aliphatic carbocycles. The molecule has 1 aliphatic rings. The molecular weight excluding hydrogens is 296 g/mol. The minimum atomic E-state index is -0.129. The average Bonchev–Trinajstić information content (AvgIpc) is 3.20. The van der Waals surface area contributed by atoms with E-state index in [0.717, 1.165) is 31.8 Å². The summed E-state index contributed by atoms with van der Waals surface area (Å²) >= 11 is 1.68. The van der Waals surface area contributed by atoms with Crippen LogP contribution in [0.3, 0.4) is 0 Å². The third-order valence-corrected chi connectivity index (χ3v) is 4.70. The predicted molar refractivity (Wildman–Crippen MR) is 88.2 cm³/mol. The Balaban J connectivity index is 1.52. The van der Waals surface area contributed by atoms with Crippen molar-refractivity contribution in [1.82, 2.24) is 10.2 Å². The number of nitrogens with zero attached hydrogens (tertiary/aromatic N) is 1. The van der Waals surface area contributed by atoms with Crippen LogP contribution in [0.15, 0.2) is 33.4 Å². The molecule has 0 saturated carbocycles. The lowest BCUT2D eigenvalue weighted by Gasteiger charge is -2.13. The Hall–Kier alpha value is -1.59. The largest absolute Gasteiger partial charge is 0.455 e. The van der Waals surface area contributed by atoms with Crippen molar-refractivity contribution in [3.63, 3.8) is 0 Å². The second kappa shape index (κ2) is 7.11. The molecule has 1 fully saturated rings. The summed E-state index contributed by atoms with van der Waals surface area (Å²) < 4.78 is 5.69. The first-order chi connectivity index (χ1) is 10.7. The molecule has 2 aromatic rings. The summed E-state index contributed by atoms with van der Waals surface area (Å²) in [6.45, 7) is 5.07. The van der Waals surface area contributed by atoms with Crippen molar-refractivity contribution in [3.05, 3.63) is 46.0 Å². The number of carbonyl (C=O) groups excluding carboxylic acids is 1. The molecule has 0 radical (unpaired) electrons. The number of likely N-dealkylation sites (tertiary alicyclic amines) is 1. The Kier molecular flexibility index (Phi) is 4.95. The van der Waals surface area contributed by atoms with E-state index in [1.54, 1.807) is 17.4 Å². The van der Waals surface area contributed by atoms with E-state index in [1.807, 2.05) is 13.0 Å². The molecule has 1 amide bonds. The van der Waals surface area contributed by atoms with Gasteiger partial charge in [-0.05, 0) is 73.8 Å². The second-order valence-electron chi connectivity index (χ2n) is 5.96. The van der Waals surface area contributed by atoms with Crippen LogP contribution in [0.5, 0.6) is 0 Å². The maximum absolute atomic E-state index is 12.2. The molecule has 4 nitrogen and oxygen atoms in total. The fourth-order valence-corrected chi connectivity index (χ4v) is 3.54. The SMILES string of the molecule is CC(Cc1ccsc1)NC(=O)c1ccc(CN2CCCC2)o1. The van der Waals surface area contributed by atoms with Crippen LogP contribution in [-0.2, 0) is 13.0 Å². The van der Waals surface area contributed by atoms with Gasteiger partial charge in [-0.25, -0.2) is 0 Å². The van der Waals surface area contributed by atoms with Crippen LogP contribution >= 0.6 is 11.3 Å². The minimum Gasteiger partial charge on any atom is -0.455 e. The zero-order valence-electron chi connectivity index (χ0n) is 12.9. The summed E-state index contributed by atoms with van der Waals surface area (Å²) in [6, 6.07) is 5.87. The lowest BCUT2D eigenvalue weighted by Crippen LogP contribution is -2.33. The molecule has 3 heterocycles. The summed E-state index contributed by atoms with van der Waals surface area (Å²) in [4.78, 5) is 14.6. The van der Waals surface area contributed by atoms with Gasteiger partial charge in [0.25, 0.3) is 5.91 Å². The van der Waals surface area contributed by atoms with Gasteiger partial charge in [-0.1, -0.05) is 0 Å². The van der Waals surface area contributed by atoms with E-state index in [2.05, 4.69) is 27.0 Å². The first-order valence-corrected chi connectivity index (χ1v) is 8.78. The van der Waals surface area contributed by atoms with Crippen molar-refractivity contribution < 1.29 is 9.21 Å². The molecule has 0 bridgehead atoms. The van der Waals surface area contributed by atoms with Crippen molar-refractivity contribution in [3.8, 4) is 0 Å². The van der Waals surface area contributed by atoms with Crippen LogP contribution in [0.1, 0.15) is 41.6 Å². The number of rotatable bonds is 6. The molecule has 1 atom stereocenters. The quantitative estimate of drug-likeness (QED) is 0.889. The normalized spacial score (nSPS) is 16.8. The first-order valence-electron chi connectivity index (χ1n) is 7.84. The van der Waals surface area contributed by atoms with Crippen LogP contribution < -0.4 is 5.32 Å². The molecule has 2 aromatic heterocycles. The molecular formula is C17H22N2O2S. The van der Waals surface area contributed by atoms with Gasteiger partial charge >= 0.3 is 0 Å². The van der Waals surface area contributed by atoms with E-state index in [4.69, 9.17) is 4.42 Å². The predicted octanol–water partition coefficient (Wildman–Crippen LogP) is 3.30. The van der Waals surface area contributed by atoms with Crippen molar-refractivity contribution in [1.29, 1.82) is 0 Å². The van der Waals surface area contributed by atoms with E-state index in [0.29, 0.717) is 5.76 Å². The van der Waals surface area contributed by atoms with Gasteiger partial charge in [0.2, 0.25) is 0 Å². The summed E-state index contributed by atoms with van der Waals surface area (Å²) in [5, 5.41) is 7.17. The highest BCUT2D eigenvalue weighted by Crippen LogP contribution is 2.15. The van der Waals surface area contributed by atoms with Crippen LogP contribution in [-0.4, -0.2) is 29.9 Å². The Morgan fingerprint density at radius 2 is 2.18 bits per heavy atom. The first kappa shape index (κ1) is 15.3. The Morgan fingerprint density at radius 1 is 1.36 bits per heavy atom. The fourth-order valence-electron chi connectivity index (χ4n) is 2.85. The van der Waals surface area contributed by atoms with E-state index in [-0.39, 0.29) is 11.9 Å². The van der Waals surface area contributed by atoms with Gasteiger partial charge in [0.05, 0.1) is 6.54 Å². The highest BCUT2D eigenvalue weighted by Gasteiger charge is 2.17. The zero-order chi connectivity index (χ0) is 15.4. The van der Waals surface area contributed by atoms with E-state index in [9.17, 15) is 4.79 Å². The van der Waals surface area contributed by atoms with Gasteiger partial charge in [0.15, 0.2) is 5.76 Å². The zero-order valence-corrected chi connectivity index (χ0v) is 13.7. The third-order valence-electron chi connectivity index (χ3n) is 3.96. The fraction of sp³-hybridized carbons (Fsp3) is 0.471. The molecule has 1 saturated heterocycles. The van der Waals surface area contributed by atoms with E-state index < -0.39 is 0 Å². The van der Waals surface area contributed by atoms with Gasteiger partial charge < -0.3 is 9.73 Å². The molecule has 0 aromatic carbocycles. The molecule has 5 heteroatoms. The van der Waals surface area contributed by atoms with E-state index in [1.165, 1.54) is 18.4 Å². The molecule has 1 unspecified atom stereocenters. The summed E-state index contributed by atoms with van der Waals surface area (Å²) in [5.74, 6) is 1.15. The number of furan rings is 1. The monoisotopic (exact) mass is 318 g/mol. The Labute approximate surface area is 135 Å². The number of nitrogens with one attached hydrogen (secondary N) is 1. The Morgan fingerprint density at radius 3 is 2.91 bits per heavy atom. The van der Waals surface area contributed by atoms with Crippen molar-refractivity contribution in [2.45, 2.75) is 38.8 Å². The summed E-state index contributed by atoms with van der Waals surface area (Å²) in [7, 11) is 0. The maximum Gasteiger partial charge on any atom is 0.287 e. The summed E-state index contributed by atoms with van der Waals surface area (Å²) in [5.41, 5.74) is 1.26. The minimum absolute atomic E-state index is 0.0919. The number of carbonyl (C=O) groups is 1. The van der Waals surface area contributed by atoms with Gasteiger partial charge in [-0.3, -0.25) is 9.69 Å².